The van der Waals surface area contributed by atoms with E-state index in [1.165, 1.54) is 5.56 Å². The van der Waals surface area contributed by atoms with Crippen molar-refractivity contribution in [1.82, 2.24) is 10.2 Å². The lowest BCUT2D eigenvalue weighted by Crippen LogP contribution is -2.56. The molecule has 5 rings (SSSR count). The second kappa shape index (κ2) is 7.41. The van der Waals surface area contributed by atoms with E-state index in [-0.39, 0.29) is 5.91 Å². The Bertz CT molecular complexity index is 976. The zero-order valence-electron chi connectivity index (χ0n) is 16.4. The maximum atomic E-state index is 12.8. The Morgan fingerprint density at radius 2 is 1.69 bits per heavy atom. The summed E-state index contributed by atoms with van der Waals surface area (Å²) in [6.45, 7) is 3.23. The number of nitrogens with one attached hydrogen (secondary N) is 1. The third-order valence-corrected chi connectivity index (χ3v) is 6.29. The number of piperidine rings is 1. The lowest BCUT2D eigenvalue weighted by molar-refractivity contribution is -0.125. The fraction of sp³-hybridized carbons (Fsp3) is 0.292. The van der Waals surface area contributed by atoms with Gasteiger partial charge in [0, 0.05) is 30.9 Å². The number of hydrogen-bond donors (Lipinski definition) is 1. The van der Waals surface area contributed by atoms with E-state index in [4.69, 9.17) is 4.42 Å². The molecule has 3 heterocycles. The predicted molar refractivity (Wildman–Crippen MR) is 113 cm³/mol. The van der Waals surface area contributed by atoms with E-state index in [0.29, 0.717) is 6.67 Å². The molecule has 2 aliphatic rings. The van der Waals surface area contributed by atoms with E-state index in [2.05, 4.69) is 45.4 Å². The number of furan rings is 1. The Balaban J connectivity index is 1.33. The fourth-order valence-electron chi connectivity index (χ4n) is 4.68. The Kier molecular flexibility index (Phi) is 4.60. The first kappa shape index (κ1) is 18.0. The van der Waals surface area contributed by atoms with Gasteiger partial charge in [-0.1, -0.05) is 42.5 Å². The highest BCUT2D eigenvalue weighted by Crippen LogP contribution is 2.37. The largest absolute Gasteiger partial charge is 0.464 e. The van der Waals surface area contributed by atoms with Crippen LogP contribution >= 0.6 is 0 Å². The first-order valence-electron chi connectivity index (χ1n) is 10.2. The fourth-order valence-corrected chi connectivity index (χ4v) is 4.68. The van der Waals surface area contributed by atoms with Crippen molar-refractivity contribution in [2.75, 3.05) is 24.7 Å². The van der Waals surface area contributed by atoms with E-state index in [1.807, 2.05) is 36.4 Å². The number of amides is 1. The number of carbonyl (C=O) groups excluding carboxylic acids is 1. The third-order valence-electron chi connectivity index (χ3n) is 6.29. The van der Waals surface area contributed by atoms with Crippen LogP contribution in [0.15, 0.2) is 77.4 Å². The second-order valence-electron chi connectivity index (χ2n) is 7.87. The van der Waals surface area contributed by atoms with Crippen molar-refractivity contribution in [2.45, 2.75) is 24.9 Å². The summed E-state index contributed by atoms with van der Waals surface area (Å²) in [5.41, 5.74) is 3.08. The molecule has 1 aromatic heterocycles. The highest BCUT2D eigenvalue weighted by Gasteiger charge is 2.50. The van der Waals surface area contributed by atoms with Crippen molar-refractivity contribution >= 4 is 11.6 Å². The summed E-state index contributed by atoms with van der Waals surface area (Å²) in [6, 6.07) is 22.6. The minimum Gasteiger partial charge on any atom is -0.464 e. The van der Waals surface area contributed by atoms with Gasteiger partial charge in [0.05, 0.1) is 12.9 Å². The van der Waals surface area contributed by atoms with Crippen LogP contribution in [0.3, 0.4) is 0 Å². The van der Waals surface area contributed by atoms with Crippen LogP contribution in [0.2, 0.25) is 0 Å². The molecule has 1 N–H and O–H groups in total. The zero-order chi connectivity index (χ0) is 19.7. The molecule has 5 heteroatoms. The van der Waals surface area contributed by atoms with Gasteiger partial charge in [0.1, 0.15) is 11.3 Å². The number of para-hydroxylation sites is 1. The van der Waals surface area contributed by atoms with Crippen LogP contribution < -0.4 is 10.2 Å². The van der Waals surface area contributed by atoms with Gasteiger partial charge in [-0.3, -0.25) is 9.69 Å². The maximum Gasteiger partial charge on any atom is 0.247 e. The molecule has 2 aliphatic heterocycles. The summed E-state index contributed by atoms with van der Waals surface area (Å²) in [5.74, 6) is 1.07. The van der Waals surface area contributed by atoms with E-state index < -0.39 is 5.54 Å². The first-order valence-corrected chi connectivity index (χ1v) is 10.2. The zero-order valence-corrected chi connectivity index (χ0v) is 16.4. The van der Waals surface area contributed by atoms with Gasteiger partial charge in [-0.25, -0.2) is 0 Å². The topological polar surface area (TPSA) is 48.7 Å². The molecular weight excluding hydrogens is 362 g/mol. The van der Waals surface area contributed by atoms with E-state index in [0.717, 1.165) is 49.5 Å². The van der Waals surface area contributed by atoms with Crippen molar-refractivity contribution in [3.05, 3.63) is 78.6 Å². The summed E-state index contributed by atoms with van der Waals surface area (Å²) in [4.78, 5) is 17.5. The molecule has 3 aromatic rings. The molecule has 0 aliphatic carbocycles. The molecule has 0 saturated carbocycles. The number of carbonyl (C=O) groups is 1. The van der Waals surface area contributed by atoms with Gasteiger partial charge in [-0.2, -0.15) is 0 Å². The average Bonchev–Trinajstić information content (AvgIpc) is 3.40. The smallest absolute Gasteiger partial charge is 0.247 e. The number of likely N-dealkylation sites (tertiary alicyclic amines) is 1. The number of rotatable bonds is 4. The lowest BCUT2D eigenvalue weighted by atomic mass is 9.85. The molecule has 5 nitrogen and oxygen atoms in total. The first-order chi connectivity index (χ1) is 14.3. The number of nitrogens with zero attached hydrogens (tertiary/aromatic N) is 2. The van der Waals surface area contributed by atoms with Gasteiger partial charge < -0.3 is 14.6 Å². The van der Waals surface area contributed by atoms with Gasteiger partial charge in [0.2, 0.25) is 5.91 Å². The molecule has 0 atom stereocenters. The van der Waals surface area contributed by atoms with Crippen molar-refractivity contribution in [2.24, 2.45) is 0 Å². The van der Waals surface area contributed by atoms with E-state index >= 15 is 0 Å². The lowest BCUT2D eigenvalue weighted by Gasteiger charge is -2.43. The quantitative estimate of drug-likeness (QED) is 0.738. The molecule has 2 saturated heterocycles. The van der Waals surface area contributed by atoms with Gasteiger partial charge in [-0.05, 0) is 42.7 Å². The summed E-state index contributed by atoms with van der Waals surface area (Å²) in [5, 5.41) is 3.08. The highest BCUT2D eigenvalue weighted by atomic mass is 16.3. The van der Waals surface area contributed by atoms with Gasteiger partial charge in [0.15, 0.2) is 0 Å². The maximum absolute atomic E-state index is 12.8. The second-order valence-corrected chi connectivity index (χ2v) is 7.87. The molecule has 2 aromatic carbocycles. The van der Waals surface area contributed by atoms with Crippen molar-refractivity contribution in [3.63, 3.8) is 0 Å². The molecule has 2 fully saturated rings. The summed E-state index contributed by atoms with van der Waals surface area (Å²) in [7, 11) is 0. The Morgan fingerprint density at radius 1 is 0.931 bits per heavy atom. The van der Waals surface area contributed by atoms with Crippen molar-refractivity contribution < 1.29 is 9.21 Å². The number of anilines is 1. The summed E-state index contributed by atoms with van der Waals surface area (Å²) >= 11 is 0. The highest BCUT2D eigenvalue weighted by molar-refractivity contribution is 5.93. The van der Waals surface area contributed by atoms with Gasteiger partial charge in [-0.15, -0.1) is 0 Å². The van der Waals surface area contributed by atoms with E-state index in [9.17, 15) is 4.79 Å². The third kappa shape index (κ3) is 3.21. The molecule has 0 unspecified atom stereocenters. The standard InChI is InChI=1S/C24H25N3O2/c28-23-24(27(18-25-23)20-8-2-1-3-9-20)12-14-26(15-13-24)17-19-7-4-5-10-21(19)22-11-6-16-29-22/h1-11,16H,12-15,17-18H2,(H,25,28). The van der Waals surface area contributed by atoms with Gasteiger partial charge in [0.25, 0.3) is 0 Å². The average molecular weight is 387 g/mol. The van der Waals surface area contributed by atoms with E-state index in [1.54, 1.807) is 6.26 Å². The van der Waals surface area contributed by atoms with Crippen LogP contribution in [0.5, 0.6) is 0 Å². The predicted octanol–water partition coefficient (Wildman–Crippen LogP) is 3.88. The molecule has 1 spiro atoms. The normalized spacial score (nSPS) is 18.9. The van der Waals surface area contributed by atoms with Crippen LogP contribution in [0.4, 0.5) is 5.69 Å². The Hall–Kier alpha value is -3.05. The Labute approximate surface area is 170 Å². The number of hydrogen-bond acceptors (Lipinski definition) is 4. The molecule has 0 bridgehead atoms. The van der Waals surface area contributed by atoms with Crippen LogP contribution in [-0.2, 0) is 11.3 Å². The molecule has 1 amide bonds. The minimum atomic E-state index is -0.432. The molecule has 29 heavy (non-hydrogen) atoms. The number of benzene rings is 2. The molecular formula is C24H25N3O2. The monoisotopic (exact) mass is 387 g/mol. The van der Waals surface area contributed by atoms with Crippen LogP contribution in [0, 0.1) is 0 Å². The molecule has 148 valence electrons. The van der Waals surface area contributed by atoms with Crippen molar-refractivity contribution in [1.29, 1.82) is 0 Å². The van der Waals surface area contributed by atoms with Crippen LogP contribution in [0.25, 0.3) is 11.3 Å². The summed E-state index contributed by atoms with van der Waals surface area (Å²) in [6.07, 6.45) is 3.38. The van der Waals surface area contributed by atoms with Gasteiger partial charge >= 0.3 is 0 Å². The summed E-state index contributed by atoms with van der Waals surface area (Å²) < 4.78 is 5.62. The van der Waals surface area contributed by atoms with Crippen LogP contribution in [0.1, 0.15) is 18.4 Å². The minimum absolute atomic E-state index is 0.164. The SMILES string of the molecule is O=C1NCN(c2ccccc2)C12CCN(Cc1ccccc1-c1ccco1)CC2. The van der Waals surface area contributed by atoms with Crippen molar-refractivity contribution in [3.8, 4) is 11.3 Å². The Morgan fingerprint density at radius 3 is 2.45 bits per heavy atom. The molecule has 0 radical (unpaired) electrons. The van der Waals surface area contributed by atoms with Crippen LogP contribution in [-0.4, -0.2) is 36.1 Å².